The van der Waals surface area contributed by atoms with Gasteiger partial charge in [-0.25, -0.2) is 18.4 Å². The largest absolute Gasteiger partial charge is 0.374 e. The predicted molar refractivity (Wildman–Crippen MR) is 142 cm³/mol. The van der Waals surface area contributed by atoms with E-state index in [1.165, 1.54) is 29.0 Å². The zero-order chi connectivity index (χ0) is 25.1. The maximum Gasteiger partial charge on any atom is 0.211 e. The van der Waals surface area contributed by atoms with Gasteiger partial charge in [0.25, 0.3) is 0 Å². The van der Waals surface area contributed by atoms with E-state index in [1.807, 2.05) is 6.07 Å². The Morgan fingerprint density at radius 2 is 1.83 bits per heavy atom. The zero-order valence-electron chi connectivity index (χ0n) is 20.9. The number of morpholine rings is 1. The Labute approximate surface area is 213 Å². The van der Waals surface area contributed by atoms with Crippen molar-refractivity contribution < 1.29 is 13.2 Å². The summed E-state index contributed by atoms with van der Waals surface area (Å²) in [6, 6.07) is 10.7. The van der Waals surface area contributed by atoms with Crippen molar-refractivity contribution in [2.45, 2.75) is 31.8 Å². The van der Waals surface area contributed by atoms with E-state index in [9.17, 15) is 8.42 Å². The molecule has 1 N–H and O–H groups in total. The molecule has 0 radical (unpaired) electrons. The summed E-state index contributed by atoms with van der Waals surface area (Å²) in [6.45, 7) is 7.16. The maximum absolute atomic E-state index is 12.0. The second-order valence-electron chi connectivity index (χ2n) is 9.61. The summed E-state index contributed by atoms with van der Waals surface area (Å²) in [6.07, 6.45) is 6.68. The fourth-order valence-corrected chi connectivity index (χ4v) is 5.92. The summed E-state index contributed by atoms with van der Waals surface area (Å²) in [5.41, 5.74) is 4.66. The zero-order valence-corrected chi connectivity index (χ0v) is 21.7. The fourth-order valence-electron chi connectivity index (χ4n) is 5.08. The number of nitrogens with one attached hydrogen (secondary N) is 1. The normalized spacial score (nSPS) is 20.6. The van der Waals surface area contributed by atoms with Gasteiger partial charge in [0.1, 0.15) is 5.52 Å². The van der Waals surface area contributed by atoms with Gasteiger partial charge < -0.3 is 15.0 Å². The molecule has 3 aromatic rings. The summed E-state index contributed by atoms with van der Waals surface area (Å²) in [7, 11) is -3.25. The van der Waals surface area contributed by atoms with Crippen LogP contribution < -0.4 is 5.32 Å². The van der Waals surface area contributed by atoms with Crippen molar-refractivity contribution in [2.75, 3.05) is 57.4 Å². The highest BCUT2D eigenvalue weighted by Gasteiger charge is 2.27. The number of ether oxygens (including phenoxy) is 1. The number of hydrogen-bond donors (Lipinski definition) is 1. The van der Waals surface area contributed by atoms with Crippen LogP contribution >= 0.6 is 0 Å². The van der Waals surface area contributed by atoms with E-state index in [4.69, 9.17) is 9.72 Å². The van der Waals surface area contributed by atoms with Crippen LogP contribution in [0.3, 0.4) is 0 Å². The summed E-state index contributed by atoms with van der Waals surface area (Å²) < 4.78 is 31.2. The SMILES string of the molecule is CCN1CCC(c2ccc(-c3cc4nccnc4c(NCC4CN(S(C)(=O)=O)CCO4)n3)cc2)CC1. The number of anilines is 1. The van der Waals surface area contributed by atoms with E-state index in [0.717, 1.165) is 36.4 Å². The Bertz CT molecular complexity index is 1290. The molecular formula is C26H34N6O3S. The lowest BCUT2D eigenvalue weighted by molar-refractivity contribution is 0.00702. The average molecular weight is 511 g/mol. The van der Waals surface area contributed by atoms with Crippen LogP contribution in [0.25, 0.3) is 22.3 Å². The highest BCUT2D eigenvalue weighted by atomic mass is 32.2. The molecule has 2 aliphatic rings. The van der Waals surface area contributed by atoms with E-state index < -0.39 is 10.0 Å². The van der Waals surface area contributed by atoms with Crippen LogP contribution in [0.1, 0.15) is 31.2 Å². The molecule has 2 saturated heterocycles. The molecule has 0 amide bonds. The number of likely N-dealkylation sites (tertiary alicyclic amines) is 1. The standard InChI is InChI=1S/C26H34N6O3S/c1-3-31-12-8-20(9-13-31)19-4-6-21(7-5-19)23-16-24-25(28-11-10-27-24)26(30-23)29-17-22-18-32(14-15-35-22)36(2,33)34/h4-7,10-11,16,20,22H,3,8-9,12-15,17-18H2,1-2H3,(H,29,30). The highest BCUT2D eigenvalue weighted by molar-refractivity contribution is 7.88. The maximum atomic E-state index is 12.0. The smallest absolute Gasteiger partial charge is 0.211 e. The fraction of sp³-hybridized carbons (Fsp3) is 0.500. The van der Waals surface area contributed by atoms with Gasteiger partial charge >= 0.3 is 0 Å². The monoisotopic (exact) mass is 510 g/mol. The van der Waals surface area contributed by atoms with Crippen LogP contribution in [0.15, 0.2) is 42.7 Å². The van der Waals surface area contributed by atoms with E-state index >= 15 is 0 Å². The quantitative estimate of drug-likeness (QED) is 0.518. The summed E-state index contributed by atoms with van der Waals surface area (Å²) >= 11 is 0. The van der Waals surface area contributed by atoms with Crippen molar-refractivity contribution in [1.29, 1.82) is 0 Å². The molecule has 2 aromatic heterocycles. The summed E-state index contributed by atoms with van der Waals surface area (Å²) in [5, 5.41) is 3.35. The van der Waals surface area contributed by atoms with Gasteiger partial charge in [-0.1, -0.05) is 31.2 Å². The van der Waals surface area contributed by atoms with Gasteiger partial charge in [0.05, 0.1) is 30.2 Å². The average Bonchev–Trinajstić information content (AvgIpc) is 2.91. The molecule has 0 spiro atoms. The Kier molecular flexibility index (Phi) is 7.47. The lowest BCUT2D eigenvalue weighted by atomic mass is 9.89. The number of piperidine rings is 1. The molecule has 5 rings (SSSR count). The molecule has 1 unspecified atom stereocenters. The summed E-state index contributed by atoms with van der Waals surface area (Å²) in [5.74, 6) is 1.23. The molecule has 1 aromatic carbocycles. The van der Waals surface area contributed by atoms with E-state index in [-0.39, 0.29) is 6.10 Å². The lowest BCUT2D eigenvalue weighted by Gasteiger charge is -2.31. The first-order valence-corrected chi connectivity index (χ1v) is 14.5. The molecule has 9 nitrogen and oxygen atoms in total. The third-order valence-corrected chi connectivity index (χ3v) is 8.51. The topological polar surface area (TPSA) is 101 Å². The molecule has 4 heterocycles. The minimum Gasteiger partial charge on any atom is -0.374 e. The van der Waals surface area contributed by atoms with Gasteiger partial charge in [-0.05, 0) is 50.0 Å². The number of rotatable bonds is 7. The Morgan fingerprint density at radius 3 is 2.56 bits per heavy atom. The van der Waals surface area contributed by atoms with Gasteiger partial charge in [0.2, 0.25) is 10.0 Å². The Morgan fingerprint density at radius 1 is 1.08 bits per heavy atom. The third kappa shape index (κ3) is 5.67. The van der Waals surface area contributed by atoms with Gasteiger partial charge in [0, 0.05) is 37.6 Å². The third-order valence-electron chi connectivity index (χ3n) is 7.24. The van der Waals surface area contributed by atoms with Crippen LogP contribution in [0.5, 0.6) is 0 Å². The number of nitrogens with zero attached hydrogens (tertiary/aromatic N) is 5. The van der Waals surface area contributed by atoms with Crippen molar-refractivity contribution in [3.05, 3.63) is 48.3 Å². The number of pyridine rings is 1. The van der Waals surface area contributed by atoms with Gasteiger partial charge in [0.15, 0.2) is 5.82 Å². The molecular weight excluding hydrogens is 476 g/mol. The van der Waals surface area contributed by atoms with Crippen molar-refractivity contribution >= 4 is 26.9 Å². The van der Waals surface area contributed by atoms with Gasteiger partial charge in [-0.15, -0.1) is 0 Å². The van der Waals surface area contributed by atoms with E-state index in [0.29, 0.717) is 43.5 Å². The van der Waals surface area contributed by atoms with E-state index in [1.54, 1.807) is 12.4 Å². The number of benzene rings is 1. The minimum atomic E-state index is -3.25. The Hall–Kier alpha value is -2.66. The molecule has 192 valence electrons. The minimum absolute atomic E-state index is 0.274. The lowest BCUT2D eigenvalue weighted by Crippen LogP contribution is -2.47. The molecule has 2 aliphatic heterocycles. The number of hydrogen-bond acceptors (Lipinski definition) is 8. The van der Waals surface area contributed by atoms with Crippen molar-refractivity contribution in [3.63, 3.8) is 0 Å². The van der Waals surface area contributed by atoms with Gasteiger partial charge in [-0.3, -0.25) is 4.98 Å². The molecule has 36 heavy (non-hydrogen) atoms. The van der Waals surface area contributed by atoms with Crippen molar-refractivity contribution in [1.82, 2.24) is 24.2 Å². The van der Waals surface area contributed by atoms with Crippen LogP contribution in [0.2, 0.25) is 0 Å². The molecule has 1 atom stereocenters. The number of aromatic nitrogens is 3. The Balaban J connectivity index is 1.34. The van der Waals surface area contributed by atoms with Crippen molar-refractivity contribution in [2.24, 2.45) is 0 Å². The predicted octanol–water partition coefficient (Wildman–Crippen LogP) is 2.96. The van der Waals surface area contributed by atoms with Crippen LogP contribution in [-0.2, 0) is 14.8 Å². The summed E-state index contributed by atoms with van der Waals surface area (Å²) in [4.78, 5) is 16.4. The van der Waals surface area contributed by atoms with Crippen molar-refractivity contribution in [3.8, 4) is 11.3 Å². The molecule has 0 bridgehead atoms. The van der Waals surface area contributed by atoms with Crippen LogP contribution in [0, 0.1) is 0 Å². The second kappa shape index (κ2) is 10.8. The molecule has 0 saturated carbocycles. The molecule has 0 aliphatic carbocycles. The second-order valence-corrected chi connectivity index (χ2v) is 11.6. The van der Waals surface area contributed by atoms with Gasteiger partial charge in [-0.2, -0.15) is 4.31 Å². The van der Waals surface area contributed by atoms with Crippen LogP contribution in [-0.4, -0.2) is 90.8 Å². The first-order chi connectivity index (χ1) is 17.4. The first-order valence-electron chi connectivity index (χ1n) is 12.7. The first kappa shape index (κ1) is 25.0. The highest BCUT2D eigenvalue weighted by Crippen LogP contribution is 2.31. The van der Waals surface area contributed by atoms with E-state index in [2.05, 4.69) is 51.4 Å². The molecule has 2 fully saturated rings. The van der Waals surface area contributed by atoms with Crippen LogP contribution in [0.4, 0.5) is 5.82 Å². The number of sulfonamides is 1. The number of fused-ring (bicyclic) bond motifs is 1. The molecule has 10 heteroatoms.